The van der Waals surface area contributed by atoms with Crippen molar-refractivity contribution in [2.75, 3.05) is 0 Å². The number of alkyl halides is 1. The van der Waals surface area contributed by atoms with Crippen molar-refractivity contribution in [3.63, 3.8) is 0 Å². The van der Waals surface area contributed by atoms with E-state index in [1.165, 1.54) is 30.4 Å². The Morgan fingerprint density at radius 2 is 0.934 bits per heavy atom. The summed E-state index contributed by atoms with van der Waals surface area (Å²) in [7, 11) is 0. The number of aliphatic hydroxyl groups excluding tert-OH is 6. The number of aliphatic carboxylic acids is 2. The van der Waals surface area contributed by atoms with Gasteiger partial charge in [0.15, 0.2) is 0 Å². The first-order valence-corrected chi connectivity index (χ1v) is 31.9. The van der Waals surface area contributed by atoms with Gasteiger partial charge in [-0.2, -0.15) is 0 Å². The van der Waals surface area contributed by atoms with Gasteiger partial charge in [0.05, 0.1) is 48.5 Å². The number of amides is 2. The molecule has 506 valence electrons. The zero-order valence-corrected chi connectivity index (χ0v) is 56.1. The molecule has 0 spiro atoms. The van der Waals surface area contributed by atoms with Gasteiger partial charge in [-0.15, -0.1) is 11.6 Å². The average molecular weight is 1430 g/mol. The summed E-state index contributed by atoms with van der Waals surface area (Å²) in [5, 5.41) is 79.0. The summed E-state index contributed by atoms with van der Waals surface area (Å²) in [5.74, 6) is -6.13. The molecule has 22 nitrogen and oxygen atoms in total. The van der Waals surface area contributed by atoms with Gasteiger partial charge in [-0.3, -0.25) is 19.2 Å². The Labute approximate surface area is 554 Å². The fourth-order valence-electron chi connectivity index (χ4n) is 8.86. The fraction of sp³-hybridized carbons (Fsp3) is 0.515. The second-order valence-corrected chi connectivity index (χ2v) is 24.3. The van der Waals surface area contributed by atoms with Crippen molar-refractivity contribution in [1.29, 1.82) is 0 Å². The summed E-state index contributed by atoms with van der Waals surface area (Å²) in [4.78, 5) is 93.7. The van der Waals surface area contributed by atoms with Gasteiger partial charge in [0, 0.05) is 77.9 Å². The van der Waals surface area contributed by atoms with Crippen molar-refractivity contribution in [2.45, 2.75) is 191 Å². The second-order valence-electron chi connectivity index (χ2n) is 22.0. The molecule has 0 saturated heterocycles. The molecule has 0 bridgehead atoms. The number of hydrogen-bond donors (Lipinski definition) is 10. The number of primary amides is 2. The highest BCUT2D eigenvalue weighted by Gasteiger charge is 2.37. The zero-order chi connectivity index (χ0) is 68.8. The number of esters is 2. The van der Waals surface area contributed by atoms with E-state index in [4.69, 9.17) is 52.2 Å². The number of allylic oxidation sites excluding steroid dienone is 18. The third-order valence-corrected chi connectivity index (χ3v) is 16.8. The number of ether oxygens (including phenoxy) is 4. The molecule has 0 aromatic carbocycles. The van der Waals surface area contributed by atoms with Crippen LogP contribution < -0.4 is 11.5 Å². The number of halogens is 3. The van der Waals surface area contributed by atoms with Crippen LogP contribution in [0.4, 0.5) is 9.59 Å². The number of Topliss-reactive ketones (excluding diaryl/α,β-unsaturated/α-hetero) is 2. The highest BCUT2D eigenvalue weighted by Crippen LogP contribution is 2.30. The maximum Gasteiger partial charge on any atom is 0.405 e. The minimum atomic E-state index is -1.33. The minimum Gasteiger partial charge on any atom is -0.481 e. The van der Waals surface area contributed by atoms with E-state index in [0.29, 0.717) is 34.6 Å². The standard InChI is InChI=1S/C33H45BrClNO10.C33H46BrNO10/c1-4-5-13-28(46-33(36)44)31(35)27(40)19-23(37)18-26(39)21(3)24(34)12-8-6-10-20(2)11-7-9-14-30(41)45-29-17-22(32(42)43)15-16-25(29)38;1-4-5-12-26(44-33(35)43)19-24(36)18-25(37)20-29(39)22(3)27(34)13-8-6-10-21(2)11-7-9-14-31(40)45-30-17-23(32(41)42)15-16-28(30)38/h5-14,21-22,25-29,31,38-40H,4,15-19H2,1-3H3,(H2,36,44)(H,42,43);5-14,22-24,26,28-30,36,38-39H,4,15-20H2,1-3H3,(H2,35,43)(H,41,42)/b8-6+,11-7+,13-5+,14-9+,20-10+,24-12-;8-6+,11-7+,12-5+,14-9+,21-10+,27-13-. The number of rotatable bonds is 36. The topological polar surface area (TPSA) is 387 Å². The first kappa shape index (κ1) is 82.7. The summed E-state index contributed by atoms with van der Waals surface area (Å²) in [5.41, 5.74) is 11.9. The Kier molecular flexibility index (Phi) is 41.6. The molecule has 15 atom stereocenters. The largest absolute Gasteiger partial charge is 0.481 e. The summed E-state index contributed by atoms with van der Waals surface area (Å²) in [6.45, 7) is 11.0. The number of hydrogen-bond acceptors (Lipinski definition) is 18. The fourth-order valence-corrected chi connectivity index (χ4v) is 10.0. The molecule has 0 heterocycles. The monoisotopic (exact) mass is 1420 g/mol. The summed E-state index contributed by atoms with van der Waals surface area (Å²) >= 11 is 13.1. The Balaban J connectivity index is 0.000000910. The van der Waals surface area contributed by atoms with Crippen LogP contribution in [0.2, 0.25) is 0 Å². The molecular formula is C66H91Br2ClN2O20. The molecule has 25 heteroatoms. The molecule has 2 aliphatic rings. The molecule has 12 N–H and O–H groups in total. The lowest BCUT2D eigenvalue weighted by atomic mass is 9.85. The summed E-state index contributed by atoms with van der Waals surface area (Å²) in [6.07, 6.45) is 23.0. The first-order valence-electron chi connectivity index (χ1n) is 29.9. The third-order valence-electron chi connectivity index (χ3n) is 14.3. The van der Waals surface area contributed by atoms with E-state index in [2.05, 4.69) is 31.9 Å². The first-order chi connectivity index (χ1) is 42.9. The van der Waals surface area contributed by atoms with Gasteiger partial charge >= 0.3 is 36.1 Å². The SMILES string of the molecule is CC/C=C/C(CC(O)CC(=O)CC(O)C(C)/C(Br)=C/C=C/C=C(C)/C=C/C=C/C(=O)OC1CC(C(=O)O)CCC1O)OC(N)=O.CC/C=C/C(OC(N)=O)C(Cl)C(O)CC(=O)CC(O)C(C)/C(Br)=C/C=C/C=C(C)/C=C/C=C/C(=O)OC1CC(C(=O)O)CCC1O. The van der Waals surface area contributed by atoms with Crippen LogP contribution in [-0.4, -0.2) is 155 Å². The maximum atomic E-state index is 12.5. The van der Waals surface area contributed by atoms with Crippen LogP contribution in [0.1, 0.15) is 125 Å². The van der Waals surface area contributed by atoms with Crippen LogP contribution in [0.5, 0.6) is 0 Å². The van der Waals surface area contributed by atoms with E-state index in [-0.39, 0.29) is 63.6 Å². The molecule has 91 heavy (non-hydrogen) atoms. The predicted molar refractivity (Wildman–Crippen MR) is 351 cm³/mol. The van der Waals surface area contributed by atoms with Gasteiger partial charge in [-0.25, -0.2) is 19.2 Å². The molecule has 2 saturated carbocycles. The zero-order valence-electron chi connectivity index (χ0n) is 52.2. The van der Waals surface area contributed by atoms with Crippen LogP contribution in [-0.2, 0) is 47.7 Å². The van der Waals surface area contributed by atoms with E-state index in [1.54, 1.807) is 92.8 Å². The van der Waals surface area contributed by atoms with Gasteiger partial charge in [-0.1, -0.05) is 168 Å². The molecular weight excluding hydrogens is 1340 g/mol. The predicted octanol–water partition coefficient (Wildman–Crippen LogP) is 9.35. The van der Waals surface area contributed by atoms with Crippen molar-refractivity contribution in [2.24, 2.45) is 35.1 Å². The van der Waals surface area contributed by atoms with Crippen LogP contribution in [0.25, 0.3) is 0 Å². The third kappa shape index (κ3) is 36.5. The van der Waals surface area contributed by atoms with Crippen LogP contribution >= 0.6 is 43.5 Å². The molecule has 0 aliphatic heterocycles. The van der Waals surface area contributed by atoms with Crippen molar-refractivity contribution in [1.82, 2.24) is 0 Å². The summed E-state index contributed by atoms with van der Waals surface area (Å²) < 4.78 is 21.6. The van der Waals surface area contributed by atoms with Gasteiger partial charge in [0.25, 0.3) is 0 Å². The Morgan fingerprint density at radius 1 is 0.549 bits per heavy atom. The molecule has 2 fully saturated rings. The normalized spacial score (nSPS) is 22.8. The van der Waals surface area contributed by atoms with E-state index >= 15 is 0 Å². The Hall–Kier alpha value is -6.35. The molecule has 2 rings (SSSR count). The maximum absolute atomic E-state index is 12.5. The van der Waals surface area contributed by atoms with Gasteiger partial charge in [0.2, 0.25) is 0 Å². The van der Waals surface area contributed by atoms with E-state index < -0.39 is 132 Å². The number of carboxylic acid groups (broad SMARTS) is 2. The molecule has 0 aromatic heterocycles. The highest BCUT2D eigenvalue weighted by molar-refractivity contribution is 9.12. The van der Waals surface area contributed by atoms with Crippen LogP contribution in [0, 0.1) is 23.7 Å². The molecule has 0 aromatic rings. The Bertz CT molecular complexity index is 2750. The van der Waals surface area contributed by atoms with Crippen LogP contribution in [0.3, 0.4) is 0 Å². The van der Waals surface area contributed by atoms with Crippen molar-refractivity contribution >= 4 is 91.1 Å². The lowest BCUT2D eigenvalue weighted by Gasteiger charge is -2.30. The molecule has 2 amide bonds. The second kappa shape index (κ2) is 45.8. The molecule has 0 radical (unpaired) electrons. The van der Waals surface area contributed by atoms with Gasteiger partial charge in [-0.05, 0) is 64.5 Å². The lowest BCUT2D eigenvalue weighted by Crippen LogP contribution is -2.39. The number of carbonyl (C=O) groups excluding carboxylic acids is 6. The highest BCUT2D eigenvalue weighted by atomic mass is 79.9. The number of nitrogens with two attached hydrogens (primary N) is 2. The van der Waals surface area contributed by atoms with Gasteiger partial charge in [0.1, 0.15) is 41.4 Å². The quantitative estimate of drug-likeness (QED) is 0.00697. The summed E-state index contributed by atoms with van der Waals surface area (Å²) in [6, 6.07) is 0. The average Bonchev–Trinajstić information content (AvgIpc) is 3.02. The van der Waals surface area contributed by atoms with E-state index in [0.717, 1.165) is 11.1 Å². The lowest BCUT2D eigenvalue weighted by molar-refractivity contribution is -0.159. The van der Waals surface area contributed by atoms with Crippen LogP contribution in [0.15, 0.2) is 142 Å². The minimum absolute atomic E-state index is 0.0120. The smallest absolute Gasteiger partial charge is 0.405 e. The van der Waals surface area contributed by atoms with Crippen molar-refractivity contribution in [3.05, 3.63) is 142 Å². The number of aliphatic hydroxyl groups is 6. The van der Waals surface area contributed by atoms with Crippen molar-refractivity contribution < 1.29 is 98.2 Å². The number of ketones is 2. The molecule has 15 unspecified atom stereocenters. The van der Waals surface area contributed by atoms with Crippen molar-refractivity contribution in [3.8, 4) is 0 Å². The van der Waals surface area contributed by atoms with E-state index in [1.807, 2.05) is 39.8 Å². The van der Waals surface area contributed by atoms with E-state index in [9.17, 15) is 69.0 Å². The molecule has 2 aliphatic carbocycles. The number of carboxylic acids is 2. The Morgan fingerprint density at radius 3 is 1.34 bits per heavy atom. The number of carbonyl (C=O) groups is 8. The van der Waals surface area contributed by atoms with Gasteiger partial charge < -0.3 is 71.3 Å².